The number of benzene rings is 2. The number of rotatable bonds is 4. The summed E-state index contributed by atoms with van der Waals surface area (Å²) in [5.41, 5.74) is 11.5. The molecule has 2 aromatic carbocycles. The molecule has 4 rings (SSSR count). The topological polar surface area (TPSA) is 78.8 Å². The molecule has 5 N–H and O–H groups in total. The number of hydrogen-bond acceptors (Lipinski definition) is 5. The Labute approximate surface area is 202 Å². The number of likely N-dealkylation sites (tertiary alicyclic amines) is 1. The first-order valence-corrected chi connectivity index (χ1v) is 12.0. The van der Waals surface area contributed by atoms with Crippen LogP contribution in [-0.4, -0.2) is 47.8 Å². The highest BCUT2D eigenvalue weighted by atomic mass is 19.4. The number of aliphatic hydroxyl groups is 1. The van der Waals surface area contributed by atoms with E-state index in [1.54, 1.807) is 36.4 Å². The van der Waals surface area contributed by atoms with Crippen LogP contribution in [0.25, 0.3) is 0 Å². The van der Waals surface area contributed by atoms with E-state index in [4.69, 9.17) is 16.6 Å². The van der Waals surface area contributed by atoms with E-state index >= 15 is 0 Å². The third-order valence-corrected chi connectivity index (χ3v) is 5.52. The van der Waals surface area contributed by atoms with Crippen molar-refractivity contribution in [3.05, 3.63) is 71.5 Å². The van der Waals surface area contributed by atoms with Crippen molar-refractivity contribution < 1.29 is 18.5 Å². The van der Waals surface area contributed by atoms with E-state index in [0.29, 0.717) is 12.1 Å². The largest absolute Gasteiger partial charge is 0.376 e. The van der Waals surface area contributed by atoms with Crippen molar-refractivity contribution in [3.63, 3.8) is 0 Å². The molecule has 0 aromatic heterocycles. The molecule has 0 unspecified atom stereocenters. The third kappa shape index (κ3) is 15.8. The van der Waals surface area contributed by atoms with Crippen molar-refractivity contribution in [1.82, 2.24) is 10.2 Å². The zero-order valence-electron chi connectivity index (χ0n) is 20.3. The van der Waals surface area contributed by atoms with Crippen LogP contribution in [0.2, 0.25) is 0 Å². The maximum Gasteiger partial charge on any atom is 0.123 e. The molecule has 1 saturated heterocycles. The lowest BCUT2D eigenvalue weighted by molar-refractivity contribution is -0.161. The van der Waals surface area contributed by atoms with Gasteiger partial charge in [0.25, 0.3) is 0 Å². The van der Waals surface area contributed by atoms with E-state index in [-0.39, 0.29) is 12.4 Å². The number of nitrogens with two attached hydrogens (primary N) is 2. The molecule has 1 heterocycles. The second-order valence-electron chi connectivity index (χ2n) is 8.79. The number of halogens is 3. The fourth-order valence-corrected chi connectivity index (χ4v) is 3.62. The first kappa shape index (κ1) is 30.1. The zero-order valence-corrected chi connectivity index (χ0v) is 20.3. The Kier molecular flexibility index (Phi) is 15.4. The molecule has 0 spiro atoms. The van der Waals surface area contributed by atoms with Crippen LogP contribution in [0.15, 0.2) is 54.6 Å². The van der Waals surface area contributed by atoms with Gasteiger partial charge in [-0.05, 0) is 94.9 Å². The van der Waals surface area contributed by atoms with Gasteiger partial charge in [-0.1, -0.05) is 48.9 Å². The normalized spacial score (nSPS) is 16.9. The molecule has 2 fully saturated rings. The summed E-state index contributed by atoms with van der Waals surface area (Å²) in [5, 5.41) is 8.31. The van der Waals surface area contributed by atoms with E-state index in [9.17, 15) is 13.4 Å². The lowest BCUT2D eigenvalue weighted by Crippen LogP contribution is -2.40. The van der Waals surface area contributed by atoms with E-state index < -0.39 is 11.1 Å². The Hall–Kier alpha value is -1.97. The first-order chi connectivity index (χ1) is 16.2. The van der Waals surface area contributed by atoms with Crippen LogP contribution in [0.5, 0.6) is 0 Å². The van der Waals surface area contributed by atoms with Gasteiger partial charge in [0.15, 0.2) is 0 Å². The fourth-order valence-electron chi connectivity index (χ4n) is 3.62. The number of nitrogens with zero attached hydrogens (tertiary/aromatic N) is 2. The molecule has 0 amide bonds. The zero-order chi connectivity index (χ0) is 25.2. The van der Waals surface area contributed by atoms with Crippen molar-refractivity contribution in [3.8, 4) is 0 Å². The van der Waals surface area contributed by atoms with Crippen molar-refractivity contribution in [1.29, 1.82) is 0 Å². The molecule has 34 heavy (non-hydrogen) atoms. The predicted octanol–water partition coefficient (Wildman–Crippen LogP) is 4.89. The molecule has 2 aliphatic rings. The Balaban J connectivity index is 0.000000230. The van der Waals surface area contributed by atoms with Crippen molar-refractivity contribution in [2.24, 2.45) is 11.5 Å². The summed E-state index contributed by atoms with van der Waals surface area (Å²) in [4.78, 5) is 2.36. The summed E-state index contributed by atoms with van der Waals surface area (Å²) < 4.78 is 35.6. The summed E-state index contributed by atoms with van der Waals surface area (Å²) in [6, 6.07) is 15.1. The standard InChI is InChI=1S/C8H10FN.C7H7F2N.C6H13NO.C5H11N/c9-8-3-1-2-7(6-8)4-5-10;8-10(9)6-7-4-2-1-3-5-7;7-6(8)4-2-1-3-5-6;1-6-4-2-3-5-6/h1-3,6H,4-5,10H2;1-5H,6H2;8H,1-5,7H2;2-5H2,1H3. The van der Waals surface area contributed by atoms with Crippen molar-refractivity contribution >= 4 is 0 Å². The van der Waals surface area contributed by atoms with Gasteiger partial charge >= 0.3 is 0 Å². The minimum absolute atomic E-state index is 0.189. The second kappa shape index (κ2) is 17.5. The Morgan fingerprint density at radius 3 is 1.91 bits per heavy atom. The minimum atomic E-state index is -0.838. The molecular formula is C26H41F3N4O. The summed E-state index contributed by atoms with van der Waals surface area (Å²) in [6.07, 6.45) is 8.56. The van der Waals surface area contributed by atoms with Gasteiger partial charge in [-0.3, -0.25) is 0 Å². The average molecular weight is 483 g/mol. The van der Waals surface area contributed by atoms with Gasteiger partial charge in [-0.2, -0.15) is 0 Å². The monoisotopic (exact) mass is 482 g/mol. The lowest BCUT2D eigenvalue weighted by Gasteiger charge is -2.26. The van der Waals surface area contributed by atoms with Gasteiger partial charge < -0.3 is 21.5 Å². The summed E-state index contributed by atoms with van der Waals surface area (Å²) >= 11 is 0. The molecule has 0 radical (unpaired) electrons. The molecule has 0 atom stereocenters. The minimum Gasteiger partial charge on any atom is -0.376 e. The van der Waals surface area contributed by atoms with Gasteiger partial charge in [-0.25, -0.2) is 4.39 Å². The molecule has 0 bridgehead atoms. The summed E-state index contributed by atoms with van der Waals surface area (Å²) in [5.74, 6) is -0.189. The highest BCUT2D eigenvalue weighted by Crippen LogP contribution is 2.22. The molecule has 1 aliphatic heterocycles. The maximum absolute atomic E-state index is 12.4. The van der Waals surface area contributed by atoms with Gasteiger partial charge in [-0.15, -0.1) is 8.96 Å². The summed E-state index contributed by atoms with van der Waals surface area (Å²) in [6.45, 7) is 2.91. The second-order valence-corrected chi connectivity index (χ2v) is 8.79. The van der Waals surface area contributed by atoms with Crippen LogP contribution in [-0.2, 0) is 13.0 Å². The number of hydrogen-bond donors (Lipinski definition) is 3. The molecule has 5 nitrogen and oxygen atoms in total. The van der Waals surface area contributed by atoms with Crippen LogP contribution in [0.3, 0.4) is 0 Å². The first-order valence-electron chi connectivity index (χ1n) is 12.0. The van der Waals surface area contributed by atoms with Gasteiger partial charge in [0.2, 0.25) is 0 Å². The lowest BCUT2D eigenvalue weighted by atomic mass is 9.93. The molecule has 1 aliphatic carbocycles. The molecule has 192 valence electrons. The van der Waals surface area contributed by atoms with Gasteiger partial charge in [0.05, 0.1) is 6.54 Å². The maximum atomic E-state index is 12.4. The highest BCUT2D eigenvalue weighted by molar-refractivity contribution is 5.16. The Morgan fingerprint density at radius 2 is 1.50 bits per heavy atom. The quantitative estimate of drug-likeness (QED) is 0.427. The SMILES string of the molecule is CN1CCCC1.FN(F)Cc1ccccc1.NC1(O)CCCCC1.NCCc1cccc(F)c1. The van der Waals surface area contributed by atoms with Crippen LogP contribution >= 0.6 is 0 Å². The van der Waals surface area contributed by atoms with Crippen LogP contribution in [0.4, 0.5) is 13.4 Å². The van der Waals surface area contributed by atoms with Crippen molar-refractivity contribution in [2.45, 2.75) is 63.6 Å². The van der Waals surface area contributed by atoms with Crippen molar-refractivity contribution in [2.75, 3.05) is 26.7 Å². The molecule has 8 heteroatoms. The van der Waals surface area contributed by atoms with Crippen LogP contribution < -0.4 is 11.5 Å². The Bertz CT molecular complexity index is 749. The summed E-state index contributed by atoms with van der Waals surface area (Å²) in [7, 11) is 2.17. The molecular weight excluding hydrogens is 441 g/mol. The third-order valence-electron chi connectivity index (χ3n) is 5.52. The Morgan fingerprint density at radius 1 is 0.912 bits per heavy atom. The van der Waals surface area contributed by atoms with Crippen LogP contribution in [0.1, 0.15) is 56.1 Å². The van der Waals surface area contributed by atoms with E-state index in [2.05, 4.69) is 11.9 Å². The molecule has 2 aromatic rings. The van der Waals surface area contributed by atoms with Gasteiger partial charge in [0, 0.05) is 5.34 Å². The smallest absolute Gasteiger partial charge is 0.123 e. The van der Waals surface area contributed by atoms with E-state index in [1.807, 2.05) is 6.07 Å². The fraction of sp³-hybridized carbons (Fsp3) is 0.538. The molecule has 1 saturated carbocycles. The predicted molar refractivity (Wildman–Crippen MR) is 132 cm³/mol. The van der Waals surface area contributed by atoms with E-state index in [1.165, 1.54) is 44.5 Å². The highest BCUT2D eigenvalue weighted by Gasteiger charge is 2.22. The van der Waals surface area contributed by atoms with Gasteiger partial charge in [0.1, 0.15) is 11.5 Å². The van der Waals surface area contributed by atoms with E-state index in [0.717, 1.165) is 37.7 Å². The average Bonchev–Trinajstić information content (AvgIpc) is 3.26. The van der Waals surface area contributed by atoms with Crippen LogP contribution in [0, 0.1) is 5.82 Å².